The molecule has 10 heteroatoms. The summed E-state index contributed by atoms with van der Waals surface area (Å²) in [6.07, 6.45) is 0. The Morgan fingerprint density at radius 2 is 1.94 bits per heavy atom. The fourth-order valence-electron chi connectivity index (χ4n) is 3.30. The standard InChI is InChI=1S/C22H21N3O5S2/c1-3-29-10-9-24-17-7-6-16(30-4-2)13-19(17)32-22(24)23-21(26)20-12-14-11-15(25(27)28)5-8-18(14)31-20/h5-8,11-13H,3-4,9-10H2,1-2H3. The number of carbonyl (C=O) groups is 1. The van der Waals surface area contributed by atoms with E-state index in [0.717, 1.165) is 20.7 Å². The van der Waals surface area contributed by atoms with Gasteiger partial charge in [0, 0.05) is 35.4 Å². The van der Waals surface area contributed by atoms with Crippen LogP contribution >= 0.6 is 22.7 Å². The Morgan fingerprint density at radius 3 is 2.69 bits per heavy atom. The quantitative estimate of drug-likeness (QED) is 0.205. The Hall–Kier alpha value is -3.08. The molecule has 0 unspecified atom stereocenters. The first-order chi connectivity index (χ1) is 15.5. The second-order valence-corrected chi connectivity index (χ2v) is 8.90. The number of ether oxygens (including phenoxy) is 2. The molecule has 4 aromatic rings. The maximum atomic E-state index is 13.0. The number of nitro benzene ring substituents is 1. The monoisotopic (exact) mass is 471 g/mol. The number of amides is 1. The minimum Gasteiger partial charge on any atom is -0.494 e. The average molecular weight is 472 g/mol. The van der Waals surface area contributed by atoms with E-state index in [9.17, 15) is 14.9 Å². The van der Waals surface area contributed by atoms with Gasteiger partial charge in [0.25, 0.3) is 11.6 Å². The van der Waals surface area contributed by atoms with Crippen LogP contribution in [0.3, 0.4) is 0 Å². The van der Waals surface area contributed by atoms with Crippen LogP contribution in [0.15, 0.2) is 47.5 Å². The lowest BCUT2D eigenvalue weighted by molar-refractivity contribution is -0.384. The highest BCUT2D eigenvalue weighted by molar-refractivity contribution is 7.21. The van der Waals surface area contributed by atoms with Crippen molar-refractivity contribution in [1.82, 2.24) is 4.57 Å². The first-order valence-corrected chi connectivity index (χ1v) is 11.7. The molecule has 0 saturated carbocycles. The summed E-state index contributed by atoms with van der Waals surface area (Å²) >= 11 is 2.69. The number of aromatic nitrogens is 1. The summed E-state index contributed by atoms with van der Waals surface area (Å²) < 4.78 is 14.9. The summed E-state index contributed by atoms with van der Waals surface area (Å²) in [5.41, 5.74) is 0.950. The molecule has 0 atom stereocenters. The van der Waals surface area contributed by atoms with Crippen LogP contribution in [0.1, 0.15) is 23.5 Å². The lowest BCUT2D eigenvalue weighted by Gasteiger charge is -2.06. The van der Waals surface area contributed by atoms with E-state index in [0.29, 0.717) is 41.4 Å². The van der Waals surface area contributed by atoms with Gasteiger partial charge in [-0.1, -0.05) is 11.3 Å². The van der Waals surface area contributed by atoms with Crippen molar-refractivity contribution in [2.75, 3.05) is 19.8 Å². The van der Waals surface area contributed by atoms with E-state index in [1.807, 2.05) is 36.6 Å². The molecule has 0 saturated heterocycles. The summed E-state index contributed by atoms with van der Waals surface area (Å²) in [7, 11) is 0. The smallest absolute Gasteiger partial charge is 0.289 e. The maximum Gasteiger partial charge on any atom is 0.289 e. The van der Waals surface area contributed by atoms with Gasteiger partial charge in [-0.2, -0.15) is 4.99 Å². The normalized spacial score (nSPS) is 12.0. The van der Waals surface area contributed by atoms with Gasteiger partial charge in [0.15, 0.2) is 4.80 Å². The predicted molar refractivity (Wildman–Crippen MR) is 126 cm³/mol. The first kappa shape index (κ1) is 22.1. The molecule has 0 N–H and O–H groups in total. The summed E-state index contributed by atoms with van der Waals surface area (Å²) in [5.74, 6) is 0.387. The Labute approximate surface area is 191 Å². The number of thiophene rings is 1. The zero-order valence-electron chi connectivity index (χ0n) is 17.6. The number of carbonyl (C=O) groups excluding carboxylic acids is 1. The number of non-ortho nitro benzene ring substituents is 1. The highest BCUT2D eigenvalue weighted by Gasteiger charge is 2.15. The molecular weight excluding hydrogens is 450 g/mol. The molecule has 2 aromatic carbocycles. The van der Waals surface area contributed by atoms with Crippen LogP contribution in [0, 0.1) is 10.1 Å². The molecular formula is C22H21N3O5S2. The Kier molecular flexibility index (Phi) is 6.63. The van der Waals surface area contributed by atoms with Crippen molar-refractivity contribution in [2.45, 2.75) is 20.4 Å². The van der Waals surface area contributed by atoms with Crippen LogP contribution in [0.4, 0.5) is 5.69 Å². The molecule has 8 nitrogen and oxygen atoms in total. The van der Waals surface area contributed by atoms with Gasteiger partial charge in [0.1, 0.15) is 5.75 Å². The third-order valence-corrected chi connectivity index (χ3v) is 6.89. The number of hydrogen-bond donors (Lipinski definition) is 0. The molecule has 2 aromatic heterocycles. The number of nitrogens with zero attached hydrogens (tertiary/aromatic N) is 3. The number of benzene rings is 2. The van der Waals surface area contributed by atoms with E-state index in [2.05, 4.69) is 4.99 Å². The molecule has 1 amide bonds. The van der Waals surface area contributed by atoms with Gasteiger partial charge in [-0.25, -0.2) is 0 Å². The summed E-state index contributed by atoms with van der Waals surface area (Å²) in [5, 5.41) is 11.7. The summed E-state index contributed by atoms with van der Waals surface area (Å²) in [4.78, 5) is 29.0. The zero-order chi connectivity index (χ0) is 22.7. The number of rotatable bonds is 8. The molecule has 0 spiro atoms. The van der Waals surface area contributed by atoms with Gasteiger partial charge in [-0.3, -0.25) is 14.9 Å². The first-order valence-electron chi connectivity index (χ1n) is 10.1. The van der Waals surface area contributed by atoms with Crippen molar-refractivity contribution >= 4 is 54.6 Å². The Bertz CT molecular complexity index is 1370. The molecule has 32 heavy (non-hydrogen) atoms. The topological polar surface area (TPSA) is 96.0 Å². The van der Waals surface area contributed by atoms with Crippen molar-refractivity contribution in [3.05, 3.63) is 62.3 Å². The zero-order valence-corrected chi connectivity index (χ0v) is 19.2. The molecule has 4 rings (SSSR count). The van der Waals surface area contributed by atoms with Crippen LogP contribution in [-0.2, 0) is 11.3 Å². The summed E-state index contributed by atoms with van der Waals surface area (Å²) in [6, 6.07) is 12.0. The van der Waals surface area contributed by atoms with Gasteiger partial charge >= 0.3 is 0 Å². The van der Waals surface area contributed by atoms with Gasteiger partial charge < -0.3 is 14.0 Å². The average Bonchev–Trinajstić information content (AvgIpc) is 3.35. The van der Waals surface area contributed by atoms with Crippen LogP contribution in [-0.4, -0.2) is 35.2 Å². The second-order valence-electron chi connectivity index (χ2n) is 6.80. The second kappa shape index (κ2) is 9.60. The lowest BCUT2D eigenvalue weighted by atomic mass is 10.2. The van der Waals surface area contributed by atoms with Crippen molar-refractivity contribution in [1.29, 1.82) is 0 Å². The van der Waals surface area contributed by atoms with Crippen molar-refractivity contribution in [2.24, 2.45) is 4.99 Å². The van der Waals surface area contributed by atoms with Crippen LogP contribution in [0.25, 0.3) is 20.3 Å². The molecule has 2 heterocycles. The predicted octanol–water partition coefficient (Wildman–Crippen LogP) is 5.00. The molecule has 0 aliphatic rings. The van der Waals surface area contributed by atoms with E-state index in [4.69, 9.17) is 9.47 Å². The van der Waals surface area contributed by atoms with Crippen molar-refractivity contribution in [3.63, 3.8) is 0 Å². The largest absolute Gasteiger partial charge is 0.494 e. The van der Waals surface area contributed by atoms with Crippen LogP contribution < -0.4 is 9.54 Å². The highest BCUT2D eigenvalue weighted by Crippen LogP contribution is 2.29. The molecule has 0 aliphatic carbocycles. The van der Waals surface area contributed by atoms with E-state index in [1.165, 1.54) is 34.8 Å². The maximum absolute atomic E-state index is 13.0. The number of thiazole rings is 1. The highest BCUT2D eigenvalue weighted by atomic mass is 32.1. The van der Waals surface area contributed by atoms with Gasteiger partial charge in [-0.05, 0) is 44.2 Å². The Morgan fingerprint density at radius 1 is 1.09 bits per heavy atom. The molecule has 0 fully saturated rings. The molecule has 0 aliphatic heterocycles. The third-order valence-electron chi connectivity index (χ3n) is 4.75. The van der Waals surface area contributed by atoms with E-state index >= 15 is 0 Å². The summed E-state index contributed by atoms with van der Waals surface area (Å²) in [6.45, 7) is 6.11. The fraction of sp³-hybridized carbons (Fsp3) is 0.273. The number of fused-ring (bicyclic) bond motifs is 2. The Balaban J connectivity index is 1.75. The fourth-order valence-corrected chi connectivity index (χ4v) is 5.31. The van der Waals surface area contributed by atoms with Gasteiger partial charge in [-0.15, -0.1) is 11.3 Å². The van der Waals surface area contributed by atoms with E-state index in [1.54, 1.807) is 12.1 Å². The third kappa shape index (κ3) is 4.57. The van der Waals surface area contributed by atoms with Crippen molar-refractivity contribution in [3.8, 4) is 5.75 Å². The van der Waals surface area contributed by atoms with E-state index < -0.39 is 4.92 Å². The molecule has 0 bridgehead atoms. The molecule has 166 valence electrons. The van der Waals surface area contributed by atoms with Gasteiger partial charge in [0.05, 0.1) is 33.2 Å². The minimum absolute atomic E-state index is 0.00499. The van der Waals surface area contributed by atoms with Crippen LogP contribution in [0.2, 0.25) is 0 Å². The lowest BCUT2D eigenvalue weighted by Crippen LogP contribution is -2.19. The number of hydrogen-bond acceptors (Lipinski definition) is 7. The molecule has 0 radical (unpaired) electrons. The minimum atomic E-state index is -0.446. The van der Waals surface area contributed by atoms with Crippen molar-refractivity contribution < 1.29 is 19.2 Å². The van der Waals surface area contributed by atoms with Crippen LogP contribution in [0.5, 0.6) is 5.75 Å². The SMILES string of the molecule is CCOCCn1c(=NC(=O)c2cc3cc([N+](=O)[O-])ccc3s2)sc2cc(OCC)ccc21. The van der Waals surface area contributed by atoms with Gasteiger partial charge in [0.2, 0.25) is 0 Å². The van der Waals surface area contributed by atoms with E-state index in [-0.39, 0.29) is 11.6 Å². The number of nitro groups is 1.